The molecule has 304 valence electrons. The maximum atomic E-state index is 13.1. The molecule has 0 radical (unpaired) electrons. The molecule has 3 N–H and O–H groups in total. The molecule has 3 amide bonds. The Bertz CT molecular complexity index is 2360. The third-order valence-electron chi connectivity index (χ3n) is 13.1. The van der Waals surface area contributed by atoms with Crippen molar-refractivity contribution in [3.05, 3.63) is 90.3 Å². The second-order valence-corrected chi connectivity index (χ2v) is 17.0. The Balaban J connectivity index is 0.685. The quantitative estimate of drug-likeness (QED) is 0.181. The minimum Gasteiger partial charge on any atom is -0.457 e. The summed E-state index contributed by atoms with van der Waals surface area (Å²) in [6.07, 6.45) is 6.68. The maximum Gasteiger partial charge on any atom is 0.255 e. The van der Waals surface area contributed by atoms with Crippen LogP contribution in [0.25, 0.3) is 22.3 Å². The minimum atomic E-state index is -0.585. The predicted molar refractivity (Wildman–Crippen MR) is 224 cm³/mol. The number of amides is 3. The average Bonchev–Trinajstić information content (AvgIpc) is 3.79. The lowest BCUT2D eigenvalue weighted by Crippen LogP contribution is -2.53. The van der Waals surface area contributed by atoms with Gasteiger partial charge in [-0.1, -0.05) is 18.2 Å². The highest BCUT2D eigenvalue weighted by atomic mass is 16.5. The van der Waals surface area contributed by atoms with Crippen molar-refractivity contribution < 1.29 is 19.1 Å². The highest BCUT2D eigenvalue weighted by Gasteiger charge is 2.40. The summed E-state index contributed by atoms with van der Waals surface area (Å²) in [7, 11) is 0. The average molecular weight is 795 g/mol. The Kier molecular flexibility index (Phi) is 9.97. The van der Waals surface area contributed by atoms with Crippen LogP contribution >= 0.6 is 0 Å². The summed E-state index contributed by atoms with van der Waals surface area (Å²) < 4.78 is 8.11. The molecule has 14 heteroatoms. The first kappa shape index (κ1) is 37.4. The smallest absolute Gasteiger partial charge is 0.255 e. The lowest BCUT2D eigenvalue weighted by molar-refractivity contribution is -0.136. The van der Waals surface area contributed by atoms with Crippen LogP contribution in [0.3, 0.4) is 0 Å². The summed E-state index contributed by atoms with van der Waals surface area (Å²) in [6, 6.07) is 23.4. The number of benzene rings is 3. The number of nitrogens with zero attached hydrogens (tertiary/aromatic N) is 8. The van der Waals surface area contributed by atoms with Crippen molar-refractivity contribution in [2.75, 3.05) is 63.0 Å². The molecule has 5 aliphatic rings. The third kappa shape index (κ3) is 7.51. The van der Waals surface area contributed by atoms with Gasteiger partial charge in [0.05, 0.1) is 11.4 Å². The molecule has 1 atom stereocenters. The second-order valence-electron chi connectivity index (χ2n) is 17.0. The fraction of sp³-hybridized carbons (Fsp3) is 0.422. The van der Waals surface area contributed by atoms with Gasteiger partial charge in [-0.05, 0) is 111 Å². The number of nitrogens with one attached hydrogen (secondary N) is 1. The molecule has 10 rings (SSSR count). The van der Waals surface area contributed by atoms with Crippen molar-refractivity contribution >= 4 is 40.3 Å². The topological polar surface area (TPSA) is 155 Å². The number of ether oxygens (including phenoxy) is 1. The number of nitrogens with two attached hydrogens (primary N) is 1. The van der Waals surface area contributed by atoms with Crippen molar-refractivity contribution in [2.45, 2.75) is 57.2 Å². The summed E-state index contributed by atoms with van der Waals surface area (Å²) in [5, 5.41) is 8.32. The molecule has 4 saturated heterocycles. The molecular formula is C45H50N10O4. The van der Waals surface area contributed by atoms with Gasteiger partial charge >= 0.3 is 0 Å². The number of hydrogen-bond donors (Lipinski definition) is 2. The summed E-state index contributed by atoms with van der Waals surface area (Å²) >= 11 is 0. The number of para-hydroxylation sites is 1. The SMILES string of the molecule is Nc1ncnc2c1c(-c1ccc(Oc3ccccc3)cc1)nn2C1CCN(CC2CCN(CC3CN(c4ccc5c(c4)CN(C4CCC(=O)NC4=O)C5=O)C3)CC2)CC1. The molecule has 5 aliphatic heterocycles. The Labute approximate surface area is 343 Å². The van der Waals surface area contributed by atoms with Gasteiger partial charge in [0.2, 0.25) is 11.8 Å². The van der Waals surface area contributed by atoms with E-state index in [0.717, 1.165) is 110 Å². The van der Waals surface area contributed by atoms with Crippen LogP contribution < -0.4 is 20.7 Å². The molecule has 14 nitrogen and oxygen atoms in total. The van der Waals surface area contributed by atoms with Gasteiger partial charge in [0.15, 0.2) is 5.65 Å². The first-order valence-electron chi connectivity index (χ1n) is 21.1. The molecule has 1 unspecified atom stereocenters. The van der Waals surface area contributed by atoms with E-state index in [2.05, 4.69) is 40.7 Å². The molecule has 4 fully saturated rings. The van der Waals surface area contributed by atoms with E-state index in [4.69, 9.17) is 15.6 Å². The van der Waals surface area contributed by atoms with E-state index >= 15 is 0 Å². The zero-order valence-corrected chi connectivity index (χ0v) is 33.2. The molecule has 5 aromatic rings. The van der Waals surface area contributed by atoms with Gasteiger partial charge in [-0.3, -0.25) is 19.7 Å². The number of nitrogen functional groups attached to an aromatic ring is 1. The van der Waals surface area contributed by atoms with Crippen LogP contribution in [-0.4, -0.2) is 111 Å². The Morgan fingerprint density at radius 1 is 0.780 bits per heavy atom. The number of aromatic nitrogens is 4. The van der Waals surface area contributed by atoms with Gasteiger partial charge in [-0.15, -0.1) is 0 Å². The Hall–Kier alpha value is -5.86. The lowest BCUT2D eigenvalue weighted by atomic mass is 9.92. The van der Waals surface area contributed by atoms with Crippen molar-refractivity contribution in [3.63, 3.8) is 0 Å². The van der Waals surface area contributed by atoms with Crippen LogP contribution in [0.2, 0.25) is 0 Å². The number of carbonyl (C=O) groups excluding carboxylic acids is 3. The van der Waals surface area contributed by atoms with Crippen molar-refractivity contribution in [2.24, 2.45) is 11.8 Å². The molecule has 7 heterocycles. The van der Waals surface area contributed by atoms with Crippen molar-refractivity contribution in [1.82, 2.24) is 39.8 Å². The zero-order chi connectivity index (χ0) is 40.0. The molecule has 3 aromatic carbocycles. The van der Waals surface area contributed by atoms with Crippen LogP contribution in [0.1, 0.15) is 60.5 Å². The number of piperidine rings is 3. The maximum absolute atomic E-state index is 13.1. The van der Waals surface area contributed by atoms with E-state index < -0.39 is 6.04 Å². The first-order chi connectivity index (χ1) is 28.8. The largest absolute Gasteiger partial charge is 0.457 e. The number of imide groups is 1. The summed E-state index contributed by atoms with van der Waals surface area (Å²) in [4.78, 5) is 55.5. The number of carbonyl (C=O) groups is 3. The molecule has 59 heavy (non-hydrogen) atoms. The van der Waals surface area contributed by atoms with E-state index in [9.17, 15) is 14.4 Å². The van der Waals surface area contributed by atoms with Crippen LogP contribution in [0.4, 0.5) is 11.5 Å². The molecule has 2 aromatic heterocycles. The van der Waals surface area contributed by atoms with Crippen LogP contribution in [0, 0.1) is 11.8 Å². The van der Waals surface area contributed by atoms with Crippen LogP contribution in [0.15, 0.2) is 79.1 Å². The molecule has 0 saturated carbocycles. The minimum absolute atomic E-state index is 0.122. The normalized spacial score (nSPS) is 21.2. The predicted octanol–water partition coefficient (Wildman–Crippen LogP) is 5.11. The van der Waals surface area contributed by atoms with Gasteiger partial charge in [-0.25, -0.2) is 14.6 Å². The molecule has 0 bridgehead atoms. The number of likely N-dealkylation sites (tertiary alicyclic amines) is 2. The van der Waals surface area contributed by atoms with E-state index in [1.807, 2.05) is 66.7 Å². The van der Waals surface area contributed by atoms with Crippen molar-refractivity contribution in [1.29, 1.82) is 0 Å². The Morgan fingerprint density at radius 2 is 1.49 bits per heavy atom. The van der Waals surface area contributed by atoms with E-state index in [0.29, 0.717) is 36.2 Å². The zero-order valence-electron chi connectivity index (χ0n) is 33.2. The summed E-state index contributed by atoms with van der Waals surface area (Å²) in [5.74, 6) is 2.58. The molecule has 0 spiro atoms. The van der Waals surface area contributed by atoms with Gasteiger partial charge in [0, 0.05) is 75.0 Å². The van der Waals surface area contributed by atoms with Crippen LogP contribution in [-0.2, 0) is 16.1 Å². The fourth-order valence-corrected chi connectivity index (χ4v) is 9.84. The number of anilines is 2. The summed E-state index contributed by atoms with van der Waals surface area (Å²) in [5.41, 5.74) is 11.8. The Morgan fingerprint density at radius 3 is 2.24 bits per heavy atom. The standard InChI is InChI=1S/C45H50N10O4/c46-42-40-41(31-6-9-36(10-7-31)59-35-4-2-1-3-5-35)50-55(43(40)48-28-47-42)33-16-20-52(21-17-33)23-29-14-18-51(19-15-29)24-30-25-53(26-30)34-8-11-37-32(22-34)27-54(45(37)58)38-12-13-39(56)49-44(38)57/h1-11,22,28-30,33,38H,12-21,23-27H2,(H2,46,47,48)(H,49,56,57). The van der Waals surface area contributed by atoms with Crippen LogP contribution in [0.5, 0.6) is 11.5 Å². The van der Waals surface area contributed by atoms with Gasteiger partial charge in [0.25, 0.3) is 5.91 Å². The number of fused-ring (bicyclic) bond motifs is 2. The van der Waals surface area contributed by atoms with E-state index in [1.165, 1.54) is 12.8 Å². The highest BCUT2D eigenvalue weighted by Crippen LogP contribution is 2.37. The number of rotatable bonds is 10. The van der Waals surface area contributed by atoms with Crippen molar-refractivity contribution in [3.8, 4) is 22.8 Å². The number of hydrogen-bond acceptors (Lipinski definition) is 11. The third-order valence-corrected chi connectivity index (χ3v) is 13.1. The highest BCUT2D eigenvalue weighted by molar-refractivity contribution is 6.05. The van der Waals surface area contributed by atoms with E-state index in [1.54, 1.807) is 11.2 Å². The monoisotopic (exact) mass is 794 g/mol. The van der Waals surface area contributed by atoms with E-state index in [-0.39, 0.29) is 30.2 Å². The lowest BCUT2D eigenvalue weighted by Gasteiger charge is -2.45. The van der Waals surface area contributed by atoms with Gasteiger partial charge in [0.1, 0.15) is 35.4 Å². The summed E-state index contributed by atoms with van der Waals surface area (Å²) in [6.45, 7) is 9.09. The first-order valence-corrected chi connectivity index (χ1v) is 21.1. The molecular weight excluding hydrogens is 745 g/mol. The molecule has 0 aliphatic carbocycles. The fourth-order valence-electron chi connectivity index (χ4n) is 9.84. The van der Waals surface area contributed by atoms with Gasteiger partial charge < -0.3 is 30.1 Å². The second kappa shape index (κ2) is 15.7. The van der Waals surface area contributed by atoms with Gasteiger partial charge in [-0.2, -0.15) is 5.10 Å².